The van der Waals surface area contributed by atoms with Crippen molar-refractivity contribution in [1.29, 1.82) is 0 Å². The molecule has 4 heterocycles. The molecule has 0 bridgehead atoms. The molecule has 0 radical (unpaired) electrons. The van der Waals surface area contributed by atoms with Gasteiger partial charge in [-0.2, -0.15) is 0 Å². The smallest absolute Gasteiger partial charge is 0.410 e. The molecule has 3 saturated carbocycles. The molecule has 696 valence electrons. The van der Waals surface area contributed by atoms with Crippen LogP contribution in [0.15, 0.2) is 128 Å². The third-order valence-electron chi connectivity index (χ3n) is 23.9. The lowest BCUT2D eigenvalue weighted by atomic mass is 9.85. The van der Waals surface area contributed by atoms with E-state index in [-0.39, 0.29) is 75.3 Å². The number of alkyl carbamates (subject to hydrolysis) is 3. The number of methoxy groups -OCH3 is 7. The Balaban J connectivity index is 0.000000222. The van der Waals surface area contributed by atoms with Gasteiger partial charge in [0.2, 0.25) is 11.8 Å². The highest BCUT2D eigenvalue weighted by atomic mass is 79.9. The van der Waals surface area contributed by atoms with Gasteiger partial charge in [-0.25, -0.2) is 38.4 Å². The number of halogens is 4. The van der Waals surface area contributed by atoms with Gasteiger partial charge < -0.3 is 93.4 Å². The first-order chi connectivity index (χ1) is 59.3. The molecule has 0 spiro atoms. The highest BCUT2D eigenvalue weighted by molar-refractivity contribution is 9.11. The Morgan fingerprint density at radius 1 is 0.429 bits per heavy atom. The topological polar surface area (TPSA) is 388 Å². The van der Waals surface area contributed by atoms with E-state index in [2.05, 4.69) is 91.6 Å². The van der Waals surface area contributed by atoms with Crippen LogP contribution in [0.1, 0.15) is 187 Å². The van der Waals surface area contributed by atoms with Gasteiger partial charge in [0.25, 0.3) is 0 Å². The van der Waals surface area contributed by atoms with Crippen LogP contribution < -0.4 is 21.3 Å². The summed E-state index contributed by atoms with van der Waals surface area (Å²) in [4.78, 5) is 140. The van der Waals surface area contributed by atoms with Gasteiger partial charge in [-0.15, -0.1) is 0 Å². The van der Waals surface area contributed by atoms with E-state index in [9.17, 15) is 57.8 Å². The summed E-state index contributed by atoms with van der Waals surface area (Å²) >= 11 is 13.6. The lowest BCUT2D eigenvalue weighted by Crippen LogP contribution is -2.57. The highest BCUT2D eigenvalue weighted by Gasteiger charge is 2.56. The first kappa shape index (κ1) is 105. The van der Waals surface area contributed by atoms with Gasteiger partial charge >= 0.3 is 54.2 Å². The number of aliphatic carboxylic acids is 2. The fraction of sp³-hybridized carbons (Fsp3) is 0.593. The molecular formula is C91H125Br4N7O24. The van der Waals surface area contributed by atoms with Crippen molar-refractivity contribution >= 4 is 130 Å². The monoisotopic (exact) mass is 2020 g/mol. The second-order valence-corrected chi connectivity index (χ2v) is 39.2. The van der Waals surface area contributed by atoms with Crippen LogP contribution in [-0.2, 0) is 108 Å². The first-order valence-corrected chi connectivity index (χ1v) is 45.3. The first-order valence-electron chi connectivity index (χ1n) is 42.1. The molecule has 1 unspecified atom stereocenters. The Kier molecular flexibility index (Phi) is 38.9. The average Bonchev–Trinajstić information content (AvgIpc) is 1.62. The number of amides is 6. The summed E-state index contributed by atoms with van der Waals surface area (Å²) in [7, 11) is 10.3. The van der Waals surface area contributed by atoms with Crippen LogP contribution in [0, 0.1) is 16.2 Å². The largest absolute Gasteiger partial charge is 0.480 e. The molecule has 11 rings (SSSR count). The maximum Gasteiger partial charge on any atom is 0.410 e. The number of likely N-dealkylation sites (tertiary alicyclic amines) is 3. The van der Waals surface area contributed by atoms with Crippen molar-refractivity contribution in [3.63, 3.8) is 0 Å². The molecule has 7 fully saturated rings. The molecular weight excluding hydrogens is 1890 g/mol. The highest BCUT2D eigenvalue weighted by Crippen LogP contribution is 2.45. The zero-order chi connectivity index (χ0) is 93.5. The Hall–Kier alpha value is -8.29. The average molecular weight is 2020 g/mol. The summed E-state index contributed by atoms with van der Waals surface area (Å²) in [6, 6.07) is 24.8. The third-order valence-corrected chi connectivity index (χ3v) is 26.0. The van der Waals surface area contributed by atoms with Crippen LogP contribution in [0.5, 0.6) is 0 Å². The number of carboxylic acids is 2. The number of esters is 3. The Morgan fingerprint density at radius 3 is 1.00 bits per heavy atom. The van der Waals surface area contributed by atoms with Crippen molar-refractivity contribution in [1.82, 2.24) is 36.0 Å². The van der Waals surface area contributed by atoms with Crippen molar-refractivity contribution in [3.8, 4) is 0 Å². The second-order valence-electron chi connectivity index (χ2n) is 35.6. The number of benzene rings is 4. The number of nitrogens with one attached hydrogen (secondary N) is 4. The van der Waals surface area contributed by atoms with Crippen molar-refractivity contribution in [2.75, 3.05) is 82.6 Å². The van der Waals surface area contributed by atoms with Gasteiger partial charge in [-0.3, -0.25) is 19.3 Å². The van der Waals surface area contributed by atoms with E-state index in [1.54, 1.807) is 42.1 Å². The van der Waals surface area contributed by atoms with Crippen LogP contribution in [0.3, 0.4) is 0 Å². The number of nitrogens with zero attached hydrogens (tertiary/aromatic N) is 3. The van der Waals surface area contributed by atoms with E-state index in [1.165, 1.54) is 49.2 Å². The lowest BCUT2D eigenvalue weighted by molar-refractivity contribution is -0.152. The van der Waals surface area contributed by atoms with Gasteiger partial charge in [0.05, 0.1) is 41.0 Å². The summed E-state index contributed by atoms with van der Waals surface area (Å²) < 4.78 is 62.9. The molecule has 126 heavy (non-hydrogen) atoms. The van der Waals surface area contributed by atoms with E-state index in [1.807, 2.05) is 139 Å². The van der Waals surface area contributed by atoms with Gasteiger partial charge in [0.1, 0.15) is 89.6 Å². The van der Waals surface area contributed by atoms with Crippen molar-refractivity contribution in [2.24, 2.45) is 16.2 Å². The summed E-state index contributed by atoms with van der Waals surface area (Å²) in [5.41, 5.74) is -1.36. The minimum atomic E-state index is -1.11. The van der Waals surface area contributed by atoms with Crippen LogP contribution >= 0.6 is 63.7 Å². The van der Waals surface area contributed by atoms with E-state index >= 15 is 0 Å². The van der Waals surface area contributed by atoms with E-state index in [4.69, 9.17) is 57.2 Å². The predicted octanol–water partition coefficient (Wildman–Crippen LogP) is 15.0. The number of carbonyl (C=O) groups excluding carboxylic acids is 9. The molecule has 4 aromatic carbocycles. The number of hydrogen-bond acceptors (Lipinski definition) is 23. The molecule has 35 heteroatoms. The number of carbonyl (C=O) groups is 11. The van der Waals surface area contributed by atoms with Gasteiger partial charge in [-0.05, 0) is 164 Å². The maximum absolute atomic E-state index is 13.9. The van der Waals surface area contributed by atoms with Crippen LogP contribution in [0.25, 0.3) is 0 Å². The van der Waals surface area contributed by atoms with Crippen LogP contribution in [0.2, 0.25) is 0 Å². The minimum absolute atomic E-state index is 0.0515. The van der Waals surface area contributed by atoms with E-state index in [0.29, 0.717) is 19.4 Å². The van der Waals surface area contributed by atoms with Gasteiger partial charge in [0, 0.05) is 78.6 Å². The number of ether oxygens (including phenoxy) is 11. The summed E-state index contributed by atoms with van der Waals surface area (Å²) in [5.74, 6) is -4.25. The molecule has 4 aliphatic heterocycles. The van der Waals surface area contributed by atoms with Gasteiger partial charge in [-0.1, -0.05) is 187 Å². The number of carboxylic acid groups (broad SMARTS) is 2. The quantitative estimate of drug-likeness (QED) is 0.0228. The molecule has 6 N–H and O–H groups in total. The van der Waals surface area contributed by atoms with E-state index in [0.717, 1.165) is 117 Å². The normalized spacial score (nSPS) is 23.7. The molecule has 31 nitrogen and oxygen atoms in total. The molecule has 7 aliphatic rings. The van der Waals surface area contributed by atoms with E-state index < -0.39 is 129 Å². The zero-order valence-electron chi connectivity index (χ0n) is 74.9. The second kappa shape index (κ2) is 46.8. The van der Waals surface area contributed by atoms with Crippen molar-refractivity contribution in [2.45, 2.75) is 248 Å². The maximum atomic E-state index is 13.9. The molecule has 4 saturated heterocycles. The standard InChI is InChI=1S/C25H35BrN2O6.C24H33BrN2O6.C17H20BrNO5.C13H16BrNO3.C12H21NO4/c1-24(2,3)20(27-23(31)34-18-8-6-7-9-18)21(29)28-15-25(33-5,14-19(28)22(30)32-4)16-10-12-17(26)13-11-16;1-23(2,3)19(26-22(31)33-17-7-5-6-8-17)20(28)27-14-24(32-4,13-18(27)21(29)30)15-9-11-16(25)12-10-15;1-4-9-24-16(21)19-11-17(23-3,10-14(19)15(20)22-2)12-5-7-13(18)8-6-12;1-17-12(16)11-7-13(18-2,8-15-11)9-3-5-10(14)6-4-9;1-12(2,3)9(10(14)15)13-11(16)17-8-6-4-5-7-8/h10-13,18-20H,6-9,14-15H2,1-5H3,(H,27,31);9-12,17-19H,5-8,13-14H2,1-4H3,(H,26,31)(H,29,30);4-8,14H,1,9-11H2,2-3H3;3-6,11,15H,7-8H2,1-2H3;8-9H,4-7H2,1-3H3,(H,13,16)(H,14,15)/t19-,20+,25-;18-,19+,24-;14-,17-;11-,13-;/m0000./s1. The SMILES string of the molecule is C=CCOC(=O)N1C[C@](OC)(c2ccc(Br)cc2)C[C@H]1C(=O)OC.CC(C)(C)C(NC(=O)OC1CCCC1)C(=O)O.COC(=O)[C@@H]1C[C@@](OC)(c2ccc(Br)cc2)CN1.COC(=O)[C@@H]1C[C@@](OC)(c2ccc(Br)cc2)CN1C(=O)[C@@H](NC(=O)OC1CCCC1)C(C)(C)C.CO[C@@]1(c2ccc(Br)cc2)C[C@@H](C(=O)O)N(C(=O)[C@@H](NC(=O)OC2CCCC2)C(C)(C)C)C1. The fourth-order valence-corrected chi connectivity index (χ4v) is 17.7. The Morgan fingerprint density at radius 2 is 0.714 bits per heavy atom. The summed E-state index contributed by atoms with van der Waals surface area (Å²) in [6.07, 6.45) is 11.2. The number of hydrogen-bond donors (Lipinski definition) is 6. The zero-order valence-corrected chi connectivity index (χ0v) is 81.2. The van der Waals surface area contributed by atoms with Crippen LogP contribution in [-0.4, -0.2) is 234 Å². The Bertz CT molecular complexity index is 4340. The Labute approximate surface area is 772 Å². The van der Waals surface area contributed by atoms with Crippen molar-refractivity contribution < 1.29 is 115 Å². The summed E-state index contributed by atoms with van der Waals surface area (Å²) in [6.45, 7) is 21.0. The molecule has 6 amide bonds. The lowest BCUT2D eigenvalue weighted by Gasteiger charge is -2.35. The third kappa shape index (κ3) is 27.9. The predicted molar refractivity (Wildman–Crippen MR) is 481 cm³/mol. The van der Waals surface area contributed by atoms with Crippen LogP contribution in [0.4, 0.5) is 19.2 Å². The van der Waals surface area contributed by atoms with Gasteiger partial charge in [0.15, 0.2) is 0 Å². The fourth-order valence-electron chi connectivity index (χ4n) is 16.6. The summed E-state index contributed by atoms with van der Waals surface area (Å²) in [5, 5.41) is 30.1. The molecule has 4 aromatic rings. The molecule has 11 atom stereocenters. The number of rotatable bonds is 23. The van der Waals surface area contributed by atoms with Crippen molar-refractivity contribution in [3.05, 3.63) is 150 Å². The molecule has 0 aromatic heterocycles. The molecule has 3 aliphatic carbocycles. The minimum Gasteiger partial charge on any atom is -0.480 e.